The quantitative estimate of drug-likeness (QED) is 0.771. The Labute approximate surface area is 131 Å². The first-order valence-electron chi connectivity index (χ1n) is 9.36. The topological polar surface area (TPSA) is 29.3 Å². The summed E-state index contributed by atoms with van der Waals surface area (Å²) in [6, 6.07) is 0. The molecule has 0 amide bonds. The summed E-state index contributed by atoms with van der Waals surface area (Å²) in [5, 5.41) is 0. The summed E-state index contributed by atoms with van der Waals surface area (Å²) in [5.41, 5.74) is 6.92. The Morgan fingerprint density at radius 1 is 1.05 bits per heavy atom. The van der Waals surface area contributed by atoms with Gasteiger partial charge in [0.2, 0.25) is 0 Å². The number of hydrogen-bond donors (Lipinski definition) is 1. The van der Waals surface area contributed by atoms with Crippen LogP contribution in [0.15, 0.2) is 0 Å². The van der Waals surface area contributed by atoms with Gasteiger partial charge in [0.1, 0.15) is 0 Å². The molecule has 2 nitrogen and oxygen atoms in total. The molecule has 0 atom stereocenters. The molecule has 0 aromatic rings. The van der Waals surface area contributed by atoms with Crippen molar-refractivity contribution in [3.8, 4) is 0 Å². The fraction of sp³-hybridized carbons (Fsp3) is 1.00. The Kier molecular flexibility index (Phi) is 4.40. The molecule has 0 aliphatic heterocycles. The molecule has 0 aromatic heterocycles. The Bertz CT molecular complexity index is 325. The van der Waals surface area contributed by atoms with E-state index >= 15 is 0 Å². The second kappa shape index (κ2) is 5.85. The maximum atomic E-state index is 5.93. The van der Waals surface area contributed by atoms with Crippen LogP contribution in [0.25, 0.3) is 0 Å². The van der Waals surface area contributed by atoms with Gasteiger partial charge < -0.3 is 10.6 Å². The molecule has 4 fully saturated rings. The molecule has 0 unspecified atom stereocenters. The second-order valence-corrected chi connectivity index (χ2v) is 9.40. The summed E-state index contributed by atoms with van der Waals surface area (Å²) < 4.78 is 0. The van der Waals surface area contributed by atoms with E-state index in [1.54, 1.807) is 38.5 Å². The van der Waals surface area contributed by atoms with E-state index in [9.17, 15) is 0 Å². The first-order valence-corrected chi connectivity index (χ1v) is 9.36. The van der Waals surface area contributed by atoms with Gasteiger partial charge >= 0.3 is 0 Å². The minimum Gasteiger partial charge on any atom is -0.330 e. The largest absolute Gasteiger partial charge is 0.330 e. The summed E-state index contributed by atoms with van der Waals surface area (Å²) in [7, 11) is 0. The second-order valence-electron chi connectivity index (χ2n) is 9.40. The molecule has 4 aliphatic rings. The summed E-state index contributed by atoms with van der Waals surface area (Å²) in [6.07, 6.45) is 10.8. The van der Waals surface area contributed by atoms with E-state index in [1.165, 1.54) is 19.5 Å². The molecule has 4 bridgehead atoms. The molecule has 4 rings (SSSR count). The van der Waals surface area contributed by atoms with Gasteiger partial charge in [0.05, 0.1) is 0 Å². The van der Waals surface area contributed by atoms with E-state index in [4.69, 9.17) is 5.73 Å². The maximum Gasteiger partial charge on any atom is 0.00446 e. The molecule has 0 aromatic carbocycles. The molecule has 0 spiro atoms. The van der Waals surface area contributed by atoms with Crippen molar-refractivity contribution in [3.05, 3.63) is 0 Å². The lowest BCUT2D eigenvalue weighted by Crippen LogP contribution is -2.48. The first-order chi connectivity index (χ1) is 9.93. The Hall–Kier alpha value is -0.0800. The van der Waals surface area contributed by atoms with Crippen LogP contribution in [0.4, 0.5) is 0 Å². The lowest BCUT2D eigenvalue weighted by atomic mass is 9.49. The van der Waals surface area contributed by atoms with Crippen LogP contribution in [0.5, 0.6) is 0 Å². The molecular formula is C19H36N2. The van der Waals surface area contributed by atoms with E-state index < -0.39 is 0 Å². The van der Waals surface area contributed by atoms with Crippen molar-refractivity contribution < 1.29 is 0 Å². The van der Waals surface area contributed by atoms with Gasteiger partial charge in [-0.3, -0.25) is 0 Å². The molecule has 0 saturated heterocycles. The predicted octanol–water partition coefficient (Wildman–Crippen LogP) is 3.90. The van der Waals surface area contributed by atoms with Crippen molar-refractivity contribution in [3.63, 3.8) is 0 Å². The van der Waals surface area contributed by atoms with Crippen LogP contribution in [-0.4, -0.2) is 31.1 Å². The van der Waals surface area contributed by atoms with Crippen LogP contribution in [0, 0.1) is 28.6 Å². The number of rotatable bonds is 7. The van der Waals surface area contributed by atoms with E-state index in [0.29, 0.717) is 0 Å². The van der Waals surface area contributed by atoms with Crippen LogP contribution >= 0.6 is 0 Å². The zero-order chi connectivity index (χ0) is 15.1. The van der Waals surface area contributed by atoms with Crippen LogP contribution < -0.4 is 5.73 Å². The van der Waals surface area contributed by atoms with Crippen LogP contribution in [0.1, 0.15) is 65.7 Å². The minimum absolute atomic E-state index is 0.261. The Morgan fingerprint density at radius 3 is 2.00 bits per heavy atom. The maximum absolute atomic E-state index is 5.93. The SMILES string of the molecule is CCN(CCC12CC3CC(CC(C3)C1)C2)CC(C)(C)CN. The highest BCUT2D eigenvalue weighted by molar-refractivity contribution is 5.01. The highest BCUT2D eigenvalue weighted by Gasteiger charge is 2.50. The molecule has 0 radical (unpaired) electrons. The van der Waals surface area contributed by atoms with E-state index in [-0.39, 0.29) is 5.41 Å². The van der Waals surface area contributed by atoms with Crippen molar-refractivity contribution in [2.24, 2.45) is 34.3 Å². The van der Waals surface area contributed by atoms with Gasteiger partial charge in [-0.2, -0.15) is 0 Å². The van der Waals surface area contributed by atoms with Gasteiger partial charge in [-0.1, -0.05) is 20.8 Å². The summed E-state index contributed by atoms with van der Waals surface area (Å²) in [4.78, 5) is 2.66. The number of nitrogens with two attached hydrogens (primary N) is 1. The summed E-state index contributed by atoms with van der Waals surface area (Å²) >= 11 is 0. The van der Waals surface area contributed by atoms with Crippen molar-refractivity contribution in [2.45, 2.75) is 65.7 Å². The first kappa shape index (κ1) is 15.8. The fourth-order valence-corrected chi connectivity index (χ4v) is 6.01. The molecule has 122 valence electrons. The van der Waals surface area contributed by atoms with Gasteiger partial charge in [-0.05, 0) is 93.2 Å². The monoisotopic (exact) mass is 292 g/mol. The third kappa shape index (κ3) is 3.47. The zero-order valence-corrected chi connectivity index (χ0v) is 14.5. The van der Waals surface area contributed by atoms with Crippen molar-refractivity contribution in [1.82, 2.24) is 4.90 Å². The van der Waals surface area contributed by atoms with Gasteiger partial charge in [-0.25, -0.2) is 0 Å². The third-order valence-electron chi connectivity index (χ3n) is 6.77. The van der Waals surface area contributed by atoms with E-state index in [1.807, 2.05) is 0 Å². The Morgan fingerprint density at radius 2 is 1.57 bits per heavy atom. The summed E-state index contributed by atoms with van der Waals surface area (Å²) in [5.74, 6) is 3.27. The average molecular weight is 293 g/mol. The molecule has 0 heterocycles. The molecule has 4 aliphatic carbocycles. The minimum atomic E-state index is 0.261. The van der Waals surface area contributed by atoms with Gasteiger partial charge in [0.15, 0.2) is 0 Å². The molecule has 2 N–H and O–H groups in total. The summed E-state index contributed by atoms with van der Waals surface area (Å²) in [6.45, 7) is 11.3. The lowest BCUT2D eigenvalue weighted by Gasteiger charge is -2.57. The number of nitrogens with zero attached hydrogens (tertiary/aromatic N) is 1. The van der Waals surface area contributed by atoms with E-state index in [2.05, 4.69) is 25.7 Å². The lowest BCUT2D eigenvalue weighted by molar-refractivity contribution is -0.0616. The van der Waals surface area contributed by atoms with Crippen LogP contribution in [0.2, 0.25) is 0 Å². The predicted molar refractivity (Wildman–Crippen MR) is 90.2 cm³/mol. The number of hydrogen-bond acceptors (Lipinski definition) is 2. The van der Waals surface area contributed by atoms with Crippen molar-refractivity contribution >= 4 is 0 Å². The van der Waals surface area contributed by atoms with Crippen molar-refractivity contribution in [2.75, 3.05) is 26.2 Å². The molecule has 4 saturated carbocycles. The standard InChI is InChI=1S/C19H36N2/c1-4-21(14-18(2,3)13-20)6-5-19-10-15-7-16(11-19)9-17(8-15)12-19/h15-17H,4-14,20H2,1-3H3. The van der Waals surface area contributed by atoms with Crippen LogP contribution in [-0.2, 0) is 0 Å². The Balaban J connectivity index is 1.56. The van der Waals surface area contributed by atoms with Gasteiger partial charge in [0.25, 0.3) is 0 Å². The molecule has 21 heavy (non-hydrogen) atoms. The van der Waals surface area contributed by atoms with Crippen LogP contribution in [0.3, 0.4) is 0 Å². The smallest absolute Gasteiger partial charge is 0.00446 e. The van der Waals surface area contributed by atoms with Gasteiger partial charge in [-0.15, -0.1) is 0 Å². The normalized spacial score (nSPS) is 38.4. The molecular weight excluding hydrogens is 256 g/mol. The zero-order valence-electron chi connectivity index (χ0n) is 14.5. The fourth-order valence-electron chi connectivity index (χ4n) is 6.01. The van der Waals surface area contributed by atoms with Crippen molar-refractivity contribution in [1.29, 1.82) is 0 Å². The molecule has 2 heteroatoms. The average Bonchev–Trinajstić information content (AvgIpc) is 2.42. The van der Waals surface area contributed by atoms with E-state index in [0.717, 1.165) is 36.3 Å². The third-order valence-corrected chi connectivity index (χ3v) is 6.77. The van der Waals surface area contributed by atoms with Gasteiger partial charge in [0, 0.05) is 6.54 Å². The highest BCUT2D eigenvalue weighted by Crippen LogP contribution is 2.61. The highest BCUT2D eigenvalue weighted by atomic mass is 15.1.